The van der Waals surface area contributed by atoms with Gasteiger partial charge in [-0.2, -0.15) is 0 Å². The van der Waals surface area contributed by atoms with E-state index < -0.39 is 5.97 Å². The summed E-state index contributed by atoms with van der Waals surface area (Å²) in [5.41, 5.74) is 1.16. The highest BCUT2D eigenvalue weighted by atomic mass is 16.4. The Labute approximate surface area is 126 Å². The number of aromatic nitrogens is 1. The van der Waals surface area contributed by atoms with Crippen LogP contribution in [0.1, 0.15) is 42.2 Å². The number of nitrogens with zero attached hydrogens (tertiary/aromatic N) is 2. The van der Waals surface area contributed by atoms with Gasteiger partial charge in [0.05, 0.1) is 5.56 Å². The van der Waals surface area contributed by atoms with E-state index in [1.165, 1.54) is 19.4 Å². The molecular formula is C16H25N3O2. The number of carboxylic acids is 1. The first-order valence-corrected chi connectivity index (χ1v) is 7.75. The van der Waals surface area contributed by atoms with Crippen LogP contribution in [-0.4, -0.2) is 47.6 Å². The Balaban J connectivity index is 2.02. The minimum absolute atomic E-state index is 0.316. The summed E-state index contributed by atoms with van der Waals surface area (Å²) >= 11 is 0. The van der Waals surface area contributed by atoms with Crippen molar-refractivity contribution >= 4 is 11.8 Å². The highest BCUT2D eigenvalue weighted by molar-refractivity contribution is 5.88. The first-order chi connectivity index (χ1) is 10.1. The van der Waals surface area contributed by atoms with Crippen LogP contribution in [0.3, 0.4) is 0 Å². The normalized spacial score (nSPS) is 19.4. The Hall–Kier alpha value is -1.62. The highest BCUT2D eigenvalue weighted by Gasteiger charge is 2.17. The van der Waals surface area contributed by atoms with E-state index in [0.29, 0.717) is 17.3 Å². The largest absolute Gasteiger partial charge is 0.478 e. The van der Waals surface area contributed by atoms with Gasteiger partial charge >= 0.3 is 5.97 Å². The molecule has 2 rings (SSSR count). The van der Waals surface area contributed by atoms with Gasteiger partial charge in [0, 0.05) is 18.8 Å². The van der Waals surface area contributed by atoms with Crippen molar-refractivity contribution in [1.29, 1.82) is 0 Å². The van der Waals surface area contributed by atoms with E-state index in [2.05, 4.69) is 29.2 Å². The van der Waals surface area contributed by atoms with Crippen molar-refractivity contribution in [3.05, 3.63) is 23.4 Å². The molecule has 5 heteroatoms. The maximum absolute atomic E-state index is 11.2. The van der Waals surface area contributed by atoms with Crippen molar-refractivity contribution in [2.45, 2.75) is 32.6 Å². The Bertz CT molecular complexity index is 490. The summed E-state index contributed by atoms with van der Waals surface area (Å²) in [5, 5.41) is 12.5. The number of aryl methyl sites for hydroxylation is 1. The molecule has 0 spiro atoms. The lowest BCUT2D eigenvalue weighted by molar-refractivity contribution is 0.0696. The zero-order valence-electron chi connectivity index (χ0n) is 12.9. The Kier molecular flexibility index (Phi) is 5.56. The van der Waals surface area contributed by atoms with Crippen LogP contribution >= 0.6 is 0 Å². The van der Waals surface area contributed by atoms with Crippen LogP contribution in [-0.2, 0) is 6.42 Å². The number of pyridine rings is 1. The molecule has 0 aliphatic carbocycles. The third-order valence-corrected chi connectivity index (χ3v) is 3.93. The molecule has 116 valence electrons. The van der Waals surface area contributed by atoms with Crippen molar-refractivity contribution in [2.75, 3.05) is 32.0 Å². The molecule has 21 heavy (non-hydrogen) atoms. The zero-order valence-corrected chi connectivity index (χ0v) is 12.9. The fourth-order valence-corrected chi connectivity index (χ4v) is 2.87. The predicted octanol–water partition coefficient (Wildman–Crippen LogP) is 2.49. The van der Waals surface area contributed by atoms with Crippen LogP contribution in [0.15, 0.2) is 12.1 Å². The number of hydrogen-bond donors (Lipinski definition) is 2. The summed E-state index contributed by atoms with van der Waals surface area (Å²) in [6.45, 7) is 5.18. The van der Waals surface area contributed by atoms with Gasteiger partial charge in [0.1, 0.15) is 5.82 Å². The lowest BCUT2D eigenvalue weighted by atomic mass is 9.98. The summed E-state index contributed by atoms with van der Waals surface area (Å²) in [6, 6.07) is 3.30. The molecule has 0 saturated carbocycles. The first-order valence-electron chi connectivity index (χ1n) is 7.75. The standard InChI is InChI=1S/C16H25N3O2/c1-3-5-14-8-13(16(20)21)9-15(18-14)17-10-12-6-4-7-19(2)11-12/h8-9,12H,3-7,10-11H2,1-2H3,(H,17,18)(H,20,21). The Morgan fingerprint density at radius 1 is 1.52 bits per heavy atom. The van der Waals surface area contributed by atoms with Gasteiger partial charge < -0.3 is 15.3 Å². The van der Waals surface area contributed by atoms with Crippen molar-refractivity contribution < 1.29 is 9.90 Å². The summed E-state index contributed by atoms with van der Waals surface area (Å²) in [7, 11) is 2.15. The molecule has 1 fully saturated rings. The smallest absolute Gasteiger partial charge is 0.335 e. The van der Waals surface area contributed by atoms with Crippen molar-refractivity contribution in [3.8, 4) is 0 Å². The van der Waals surface area contributed by atoms with Gasteiger partial charge in [-0.1, -0.05) is 13.3 Å². The van der Waals surface area contributed by atoms with E-state index in [-0.39, 0.29) is 0 Å². The average molecular weight is 291 g/mol. The van der Waals surface area contributed by atoms with Crippen LogP contribution in [0.4, 0.5) is 5.82 Å². The van der Waals surface area contributed by atoms with Gasteiger partial charge in [0.15, 0.2) is 0 Å². The van der Waals surface area contributed by atoms with Crippen LogP contribution in [0.25, 0.3) is 0 Å². The third-order valence-electron chi connectivity index (χ3n) is 3.93. The summed E-state index contributed by atoms with van der Waals surface area (Å²) in [6.07, 6.45) is 4.22. The minimum Gasteiger partial charge on any atom is -0.478 e. The molecule has 1 aliphatic rings. The third kappa shape index (κ3) is 4.70. The number of rotatable bonds is 6. The van der Waals surface area contributed by atoms with E-state index in [0.717, 1.165) is 31.6 Å². The molecule has 0 bridgehead atoms. The molecule has 1 atom stereocenters. The van der Waals surface area contributed by atoms with E-state index in [4.69, 9.17) is 0 Å². The molecule has 1 aliphatic heterocycles. The van der Waals surface area contributed by atoms with Gasteiger partial charge in [-0.3, -0.25) is 0 Å². The number of piperidine rings is 1. The number of aromatic carboxylic acids is 1. The molecule has 1 unspecified atom stereocenters. The quantitative estimate of drug-likeness (QED) is 0.843. The van der Waals surface area contributed by atoms with Crippen molar-refractivity contribution in [1.82, 2.24) is 9.88 Å². The predicted molar refractivity (Wildman–Crippen MR) is 83.9 cm³/mol. The van der Waals surface area contributed by atoms with Gasteiger partial charge in [-0.05, 0) is 50.9 Å². The molecule has 2 heterocycles. The molecular weight excluding hydrogens is 266 g/mol. The second-order valence-corrected chi connectivity index (χ2v) is 5.94. The average Bonchev–Trinajstić information content (AvgIpc) is 2.45. The molecule has 5 nitrogen and oxygen atoms in total. The van der Waals surface area contributed by atoms with E-state index in [1.54, 1.807) is 12.1 Å². The van der Waals surface area contributed by atoms with Gasteiger partial charge in [-0.25, -0.2) is 9.78 Å². The monoisotopic (exact) mass is 291 g/mol. The maximum Gasteiger partial charge on any atom is 0.335 e. The molecule has 1 aromatic heterocycles. The molecule has 1 aromatic rings. The lowest BCUT2D eigenvalue weighted by Gasteiger charge is -2.29. The topological polar surface area (TPSA) is 65.5 Å². The fraction of sp³-hybridized carbons (Fsp3) is 0.625. The molecule has 0 amide bonds. The summed E-state index contributed by atoms with van der Waals surface area (Å²) < 4.78 is 0. The zero-order chi connectivity index (χ0) is 15.2. The summed E-state index contributed by atoms with van der Waals surface area (Å²) in [4.78, 5) is 18.1. The van der Waals surface area contributed by atoms with E-state index in [9.17, 15) is 9.90 Å². The molecule has 1 saturated heterocycles. The number of hydrogen-bond acceptors (Lipinski definition) is 4. The van der Waals surface area contributed by atoms with Crippen LogP contribution in [0.5, 0.6) is 0 Å². The Morgan fingerprint density at radius 3 is 3.00 bits per heavy atom. The minimum atomic E-state index is -0.893. The molecule has 0 aromatic carbocycles. The molecule has 0 radical (unpaired) electrons. The van der Waals surface area contributed by atoms with Gasteiger partial charge in [-0.15, -0.1) is 0 Å². The van der Waals surface area contributed by atoms with E-state index >= 15 is 0 Å². The second kappa shape index (κ2) is 7.41. The first kappa shape index (κ1) is 15.8. The number of anilines is 1. The number of likely N-dealkylation sites (tertiary alicyclic amines) is 1. The number of carbonyl (C=O) groups is 1. The van der Waals surface area contributed by atoms with Crippen LogP contribution in [0.2, 0.25) is 0 Å². The van der Waals surface area contributed by atoms with Gasteiger partial charge in [0.2, 0.25) is 0 Å². The lowest BCUT2D eigenvalue weighted by Crippen LogP contribution is -2.35. The fourth-order valence-electron chi connectivity index (χ4n) is 2.87. The second-order valence-electron chi connectivity index (χ2n) is 5.94. The number of nitrogens with one attached hydrogen (secondary N) is 1. The summed E-state index contributed by atoms with van der Waals surface area (Å²) in [5.74, 6) is 0.399. The maximum atomic E-state index is 11.2. The van der Waals surface area contributed by atoms with Gasteiger partial charge in [0.25, 0.3) is 0 Å². The van der Waals surface area contributed by atoms with Crippen LogP contribution < -0.4 is 5.32 Å². The highest BCUT2D eigenvalue weighted by Crippen LogP contribution is 2.17. The van der Waals surface area contributed by atoms with Crippen LogP contribution in [0, 0.1) is 5.92 Å². The molecule has 2 N–H and O–H groups in total. The van der Waals surface area contributed by atoms with E-state index in [1.807, 2.05) is 0 Å². The number of carboxylic acid groups (broad SMARTS) is 1. The SMILES string of the molecule is CCCc1cc(C(=O)O)cc(NCC2CCCN(C)C2)n1. The van der Waals surface area contributed by atoms with Crippen molar-refractivity contribution in [3.63, 3.8) is 0 Å². The Morgan fingerprint density at radius 2 is 2.33 bits per heavy atom. The van der Waals surface area contributed by atoms with Crippen molar-refractivity contribution in [2.24, 2.45) is 5.92 Å².